The summed E-state index contributed by atoms with van der Waals surface area (Å²) in [5, 5.41) is 0. The highest BCUT2D eigenvalue weighted by atomic mass is 28.4. The third kappa shape index (κ3) is 5.38. The minimum Gasteiger partial charge on any atom is -0.376 e. The minimum absolute atomic E-state index is 0.468. The molecule has 0 aliphatic rings. The van der Waals surface area contributed by atoms with Gasteiger partial charge in [-0.2, -0.15) is 0 Å². The highest BCUT2D eigenvalue weighted by molar-refractivity contribution is 6.61. The van der Waals surface area contributed by atoms with E-state index in [9.17, 15) is 0 Å². The second-order valence-corrected chi connectivity index (χ2v) is 6.49. The van der Waals surface area contributed by atoms with Gasteiger partial charge >= 0.3 is 8.80 Å². The zero-order chi connectivity index (χ0) is 11.9. The molecule has 0 fully saturated rings. The predicted molar refractivity (Wildman–Crippen MR) is 63.3 cm³/mol. The lowest BCUT2D eigenvalue weighted by Crippen LogP contribution is -2.47. The summed E-state index contributed by atoms with van der Waals surface area (Å²) >= 11 is 0. The molecule has 0 spiro atoms. The molecule has 0 unspecified atom stereocenters. The first-order valence-corrected chi connectivity index (χ1v) is 6.73. The van der Waals surface area contributed by atoms with Crippen LogP contribution in [-0.2, 0) is 13.3 Å². The molecular weight excluding hydrogens is 212 g/mol. The number of nitrogens with zero attached hydrogens (tertiary/aromatic N) is 2. The first kappa shape index (κ1) is 14.7. The van der Waals surface area contributed by atoms with Gasteiger partial charge in [0.2, 0.25) is 0 Å². The van der Waals surface area contributed by atoms with Crippen LogP contribution in [0.4, 0.5) is 0 Å². The van der Waals surface area contributed by atoms with Crippen molar-refractivity contribution >= 4 is 14.5 Å². The van der Waals surface area contributed by atoms with Gasteiger partial charge < -0.3 is 18.2 Å². The molecule has 0 amide bonds. The van der Waals surface area contributed by atoms with Crippen LogP contribution in [0.3, 0.4) is 0 Å². The van der Waals surface area contributed by atoms with E-state index in [0.29, 0.717) is 6.17 Å². The van der Waals surface area contributed by atoms with Crippen LogP contribution in [0.5, 0.6) is 0 Å². The molecule has 0 saturated carbocycles. The minimum atomic E-state index is -2.54. The third-order valence-corrected chi connectivity index (χ3v) is 4.43. The lowest BCUT2D eigenvalue weighted by Gasteiger charge is -2.22. The van der Waals surface area contributed by atoms with E-state index in [-0.39, 0.29) is 0 Å². The molecule has 0 aliphatic carbocycles. The van der Waals surface area contributed by atoms with E-state index in [2.05, 4.69) is 9.89 Å². The van der Waals surface area contributed by atoms with E-state index in [1.54, 1.807) is 21.3 Å². The molecule has 0 heterocycles. The fraction of sp³-hybridized carbons (Fsp3) is 0.889. The van der Waals surface area contributed by atoms with Gasteiger partial charge in [0.15, 0.2) is 0 Å². The van der Waals surface area contributed by atoms with E-state index >= 15 is 0 Å². The van der Waals surface area contributed by atoms with E-state index in [1.165, 1.54) is 0 Å². The zero-order valence-corrected chi connectivity index (χ0v) is 11.5. The summed E-state index contributed by atoms with van der Waals surface area (Å²) in [7, 11) is 6.26. The Balaban J connectivity index is 4.30. The van der Waals surface area contributed by atoms with Crippen molar-refractivity contribution in [2.45, 2.75) is 6.92 Å². The SMILES string of the molecule is CO[Si](CN=C(C)CN(C)C)(OC)OC. The maximum absolute atomic E-state index is 5.27. The first-order valence-electron chi connectivity index (χ1n) is 4.79. The molecule has 90 valence electrons. The van der Waals surface area contributed by atoms with Crippen molar-refractivity contribution in [2.24, 2.45) is 4.99 Å². The van der Waals surface area contributed by atoms with Gasteiger partial charge in [-0.15, -0.1) is 0 Å². The largest absolute Gasteiger partial charge is 0.522 e. The molecule has 15 heavy (non-hydrogen) atoms. The van der Waals surface area contributed by atoms with Crippen LogP contribution in [0.1, 0.15) is 6.92 Å². The van der Waals surface area contributed by atoms with E-state index in [0.717, 1.165) is 12.3 Å². The quantitative estimate of drug-likeness (QED) is 0.473. The molecule has 0 aromatic rings. The number of hydrogen-bond acceptors (Lipinski definition) is 5. The Morgan fingerprint density at radius 2 is 1.60 bits per heavy atom. The molecule has 0 saturated heterocycles. The van der Waals surface area contributed by atoms with Crippen LogP contribution < -0.4 is 0 Å². The second-order valence-electron chi connectivity index (χ2n) is 3.58. The Morgan fingerprint density at radius 1 is 1.13 bits per heavy atom. The van der Waals surface area contributed by atoms with Crippen LogP contribution in [0, 0.1) is 0 Å². The third-order valence-electron chi connectivity index (χ3n) is 2.02. The van der Waals surface area contributed by atoms with Gasteiger partial charge in [0.05, 0.1) is 0 Å². The normalized spacial score (nSPS) is 13.7. The zero-order valence-electron chi connectivity index (χ0n) is 10.5. The van der Waals surface area contributed by atoms with Gasteiger partial charge in [-0.25, -0.2) is 0 Å². The molecular formula is C9H22N2O3Si. The van der Waals surface area contributed by atoms with Crippen LogP contribution in [-0.4, -0.2) is 67.6 Å². The van der Waals surface area contributed by atoms with Crippen LogP contribution in [0.15, 0.2) is 4.99 Å². The molecule has 6 heteroatoms. The van der Waals surface area contributed by atoms with E-state index < -0.39 is 8.80 Å². The maximum Gasteiger partial charge on any atom is 0.522 e. The summed E-state index contributed by atoms with van der Waals surface area (Å²) in [4.78, 5) is 6.47. The topological polar surface area (TPSA) is 43.3 Å². The Labute approximate surface area is 93.4 Å². The molecule has 0 rings (SSSR count). The lowest BCUT2D eigenvalue weighted by atomic mass is 10.4. The van der Waals surface area contributed by atoms with Gasteiger partial charge in [-0.3, -0.25) is 4.99 Å². The summed E-state index contributed by atoms with van der Waals surface area (Å²) in [5.74, 6) is 0. The summed E-state index contributed by atoms with van der Waals surface area (Å²) in [6.07, 6.45) is 0.468. The Bertz CT molecular complexity index is 197. The molecule has 0 radical (unpaired) electrons. The highest BCUT2D eigenvalue weighted by Gasteiger charge is 2.37. The summed E-state index contributed by atoms with van der Waals surface area (Å²) < 4.78 is 15.8. The van der Waals surface area contributed by atoms with Crippen molar-refractivity contribution in [3.8, 4) is 0 Å². The molecule has 0 N–H and O–H groups in total. The molecule has 0 atom stereocenters. The van der Waals surface area contributed by atoms with Gasteiger partial charge in [0, 0.05) is 33.6 Å². The van der Waals surface area contributed by atoms with Crippen molar-refractivity contribution < 1.29 is 13.3 Å². The second kappa shape index (κ2) is 7.08. The van der Waals surface area contributed by atoms with Gasteiger partial charge in [-0.1, -0.05) is 0 Å². The van der Waals surface area contributed by atoms with Crippen LogP contribution in [0.25, 0.3) is 0 Å². The van der Waals surface area contributed by atoms with Crippen molar-refractivity contribution in [1.29, 1.82) is 0 Å². The Hall–Kier alpha value is -0.273. The van der Waals surface area contributed by atoms with E-state index in [1.807, 2.05) is 21.0 Å². The first-order chi connectivity index (χ1) is 6.99. The van der Waals surface area contributed by atoms with Crippen molar-refractivity contribution in [1.82, 2.24) is 4.90 Å². The van der Waals surface area contributed by atoms with Gasteiger partial charge in [-0.05, 0) is 21.0 Å². The standard InChI is InChI=1S/C9H22N2O3Si/c1-9(7-11(2)3)10-8-15(12-4,13-5)14-6/h7-8H2,1-6H3. The maximum atomic E-state index is 5.27. The smallest absolute Gasteiger partial charge is 0.376 e. The molecule has 0 bridgehead atoms. The van der Waals surface area contributed by atoms with Crippen LogP contribution >= 0.6 is 0 Å². The number of rotatable bonds is 7. The molecule has 0 aromatic carbocycles. The highest BCUT2D eigenvalue weighted by Crippen LogP contribution is 2.06. The molecule has 0 aliphatic heterocycles. The number of aliphatic imine (C=N–C) groups is 1. The average molecular weight is 234 g/mol. The summed E-state index contributed by atoms with van der Waals surface area (Å²) in [5.41, 5.74) is 1.04. The van der Waals surface area contributed by atoms with Crippen molar-refractivity contribution in [2.75, 3.05) is 48.1 Å². The Kier molecular flexibility index (Phi) is 6.95. The molecule has 5 nitrogen and oxygen atoms in total. The number of hydrogen-bond donors (Lipinski definition) is 0. The fourth-order valence-electron chi connectivity index (χ4n) is 1.18. The fourth-order valence-corrected chi connectivity index (χ4v) is 2.53. The van der Waals surface area contributed by atoms with Crippen molar-refractivity contribution in [3.63, 3.8) is 0 Å². The van der Waals surface area contributed by atoms with E-state index in [4.69, 9.17) is 13.3 Å². The Morgan fingerprint density at radius 3 is 1.93 bits per heavy atom. The summed E-state index contributed by atoms with van der Waals surface area (Å²) in [6, 6.07) is 0. The molecule has 0 aromatic heterocycles. The lowest BCUT2D eigenvalue weighted by molar-refractivity contribution is 0.125. The summed E-state index contributed by atoms with van der Waals surface area (Å²) in [6.45, 7) is 2.82. The van der Waals surface area contributed by atoms with Gasteiger partial charge in [0.1, 0.15) is 6.17 Å². The van der Waals surface area contributed by atoms with Crippen LogP contribution in [0.2, 0.25) is 0 Å². The monoisotopic (exact) mass is 234 g/mol. The van der Waals surface area contributed by atoms with Gasteiger partial charge in [0.25, 0.3) is 0 Å². The average Bonchev–Trinajstić information content (AvgIpc) is 2.20. The van der Waals surface area contributed by atoms with Crippen molar-refractivity contribution in [3.05, 3.63) is 0 Å². The predicted octanol–water partition coefficient (Wildman–Crippen LogP) is 0.426.